The van der Waals surface area contributed by atoms with Gasteiger partial charge in [-0.25, -0.2) is 0 Å². The molecule has 6 heteroatoms. The number of hydrogen-bond donors (Lipinski definition) is 2. The number of carboxylic acid groups (broad SMARTS) is 1. The highest BCUT2D eigenvalue weighted by atomic mass is 16.5. The summed E-state index contributed by atoms with van der Waals surface area (Å²) in [5.41, 5.74) is 1.36. The molecular formula is C19H27NO5. The SMILES string of the molecule is Cc1ccc(C(C)C)c(OCC(=O)NC2(CC(=O)O)CCOCC2)c1. The van der Waals surface area contributed by atoms with Crippen molar-refractivity contribution in [1.29, 1.82) is 0 Å². The lowest BCUT2D eigenvalue weighted by molar-refractivity contribution is -0.140. The summed E-state index contributed by atoms with van der Waals surface area (Å²) in [4.78, 5) is 23.5. The standard InChI is InChI=1S/C19H27NO5/c1-13(2)15-5-4-14(3)10-16(15)25-12-17(21)20-19(11-18(22)23)6-8-24-9-7-19/h4-5,10,13H,6-9,11-12H2,1-3H3,(H,20,21)(H,22,23). The highest BCUT2D eigenvalue weighted by Gasteiger charge is 2.36. The van der Waals surface area contributed by atoms with Crippen LogP contribution in [0.25, 0.3) is 0 Å². The number of carboxylic acids is 1. The molecule has 0 atom stereocenters. The lowest BCUT2D eigenvalue weighted by Crippen LogP contribution is -2.54. The molecule has 25 heavy (non-hydrogen) atoms. The van der Waals surface area contributed by atoms with Crippen LogP contribution in [0.1, 0.15) is 50.2 Å². The normalized spacial score (nSPS) is 16.5. The number of ether oxygens (including phenoxy) is 2. The van der Waals surface area contributed by atoms with E-state index in [1.807, 2.05) is 25.1 Å². The number of benzene rings is 1. The highest BCUT2D eigenvalue weighted by molar-refractivity contribution is 5.79. The van der Waals surface area contributed by atoms with Gasteiger partial charge in [0.15, 0.2) is 6.61 Å². The third kappa shape index (κ3) is 5.46. The van der Waals surface area contributed by atoms with E-state index in [1.54, 1.807) is 0 Å². The first kappa shape index (κ1) is 19.2. The molecule has 0 unspecified atom stereocenters. The molecule has 0 bridgehead atoms. The number of aryl methyl sites for hydroxylation is 1. The van der Waals surface area contributed by atoms with Crippen LogP contribution in [0.4, 0.5) is 0 Å². The van der Waals surface area contributed by atoms with Gasteiger partial charge in [0.05, 0.1) is 12.0 Å². The van der Waals surface area contributed by atoms with Crippen LogP contribution in [0.15, 0.2) is 18.2 Å². The molecule has 0 spiro atoms. The minimum Gasteiger partial charge on any atom is -0.483 e. The largest absolute Gasteiger partial charge is 0.483 e. The van der Waals surface area contributed by atoms with Crippen molar-refractivity contribution in [1.82, 2.24) is 5.32 Å². The number of rotatable bonds is 7. The van der Waals surface area contributed by atoms with Crippen molar-refractivity contribution < 1.29 is 24.2 Å². The molecule has 0 aromatic heterocycles. The van der Waals surface area contributed by atoms with E-state index in [1.165, 1.54) is 0 Å². The van der Waals surface area contributed by atoms with E-state index in [9.17, 15) is 9.59 Å². The molecule has 1 aliphatic heterocycles. The second kappa shape index (κ2) is 8.34. The Hall–Kier alpha value is -2.08. The molecule has 1 heterocycles. The predicted molar refractivity (Wildman–Crippen MR) is 93.9 cm³/mol. The number of amides is 1. The van der Waals surface area contributed by atoms with Crippen LogP contribution in [-0.2, 0) is 14.3 Å². The van der Waals surface area contributed by atoms with Crippen molar-refractivity contribution >= 4 is 11.9 Å². The van der Waals surface area contributed by atoms with Gasteiger partial charge in [-0.3, -0.25) is 9.59 Å². The zero-order valence-corrected chi connectivity index (χ0v) is 15.1. The summed E-state index contributed by atoms with van der Waals surface area (Å²) in [6.45, 7) is 6.88. The molecule has 2 N–H and O–H groups in total. The Morgan fingerprint density at radius 2 is 2.00 bits per heavy atom. The fraction of sp³-hybridized carbons (Fsp3) is 0.579. The molecule has 1 aromatic carbocycles. The summed E-state index contributed by atoms with van der Waals surface area (Å²) in [5, 5.41) is 12.0. The van der Waals surface area contributed by atoms with Crippen LogP contribution >= 0.6 is 0 Å². The maximum absolute atomic E-state index is 12.4. The minimum absolute atomic E-state index is 0.107. The zero-order valence-electron chi connectivity index (χ0n) is 15.1. The van der Waals surface area contributed by atoms with Gasteiger partial charge >= 0.3 is 5.97 Å². The van der Waals surface area contributed by atoms with Gasteiger partial charge in [0, 0.05) is 13.2 Å². The van der Waals surface area contributed by atoms with E-state index >= 15 is 0 Å². The van der Waals surface area contributed by atoms with Crippen molar-refractivity contribution in [2.75, 3.05) is 19.8 Å². The second-order valence-electron chi connectivity index (χ2n) is 7.00. The molecule has 2 rings (SSSR count). The molecule has 0 aliphatic carbocycles. The molecule has 6 nitrogen and oxygen atoms in total. The van der Waals surface area contributed by atoms with Crippen molar-refractivity contribution in [3.63, 3.8) is 0 Å². The molecule has 1 aliphatic rings. The summed E-state index contributed by atoms with van der Waals surface area (Å²) >= 11 is 0. The third-order valence-corrected chi connectivity index (χ3v) is 4.49. The van der Waals surface area contributed by atoms with Gasteiger partial charge < -0.3 is 19.9 Å². The first-order valence-electron chi connectivity index (χ1n) is 8.65. The maximum atomic E-state index is 12.4. The number of hydrogen-bond acceptors (Lipinski definition) is 4. The summed E-state index contributed by atoms with van der Waals surface area (Å²) < 4.78 is 11.0. The van der Waals surface area contributed by atoms with Gasteiger partial charge in [-0.15, -0.1) is 0 Å². The Morgan fingerprint density at radius 1 is 1.32 bits per heavy atom. The summed E-state index contributed by atoms with van der Waals surface area (Å²) in [5.74, 6) is -0.250. The minimum atomic E-state index is -0.927. The number of aliphatic carboxylic acids is 1. The van der Waals surface area contributed by atoms with Crippen LogP contribution < -0.4 is 10.1 Å². The molecule has 1 fully saturated rings. The first-order chi connectivity index (χ1) is 11.8. The van der Waals surface area contributed by atoms with Gasteiger partial charge in [0.25, 0.3) is 5.91 Å². The molecule has 1 amide bonds. The average molecular weight is 349 g/mol. The molecular weight excluding hydrogens is 322 g/mol. The fourth-order valence-electron chi connectivity index (χ4n) is 3.12. The number of nitrogens with one attached hydrogen (secondary N) is 1. The van der Waals surface area contributed by atoms with E-state index in [-0.39, 0.29) is 24.9 Å². The van der Waals surface area contributed by atoms with E-state index in [2.05, 4.69) is 19.2 Å². The second-order valence-corrected chi connectivity index (χ2v) is 7.00. The molecule has 138 valence electrons. The van der Waals surface area contributed by atoms with Crippen LogP contribution in [0.3, 0.4) is 0 Å². The highest BCUT2D eigenvalue weighted by Crippen LogP contribution is 2.28. The Balaban J connectivity index is 2.02. The van der Waals surface area contributed by atoms with Gasteiger partial charge in [-0.2, -0.15) is 0 Å². The number of carbonyl (C=O) groups excluding carboxylic acids is 1. The van der Waals surface area contributed by atoms with Crippen molar-refractivity contribution in [3.8, 4) is 5.75 Å². The molecule has 0 radical (unpaired) electrons. The van der Waals surface area contributed by atoms with Crippen LogP contribution in [0, 0.1) is 6.92 Å². The van der Waals surface area contributed by atoms with E-state index < -0.39 is 11.5 Å². The van der Waals surface area contributed by atoms with E-state index in [0.717, 1.165) is 11.1 Å². The van der Waals surface area contributed by atoms with Crippen molar-refractivity contribution in [2.45, 2.75) is 51.5 Å². The van der Waals surface area contributed by atoms with Crippen molar-refractivity contribution in [2.24, 2.45) is 0 Å². The Kier molecular flexibility index (Phi) is 6.42. The van der Waals surface area contributed by atoms with E-state index in [0.29, 0.717) is 31.8 Å². The third-order valence-electron chi connectivity index (χ3n) is 4.49. The zero-order chi connectivity index (χ0) is 18.4. The lowest BCUT2D eigenvalue weighted by Gasteiger charge is -2.36. The monoisotopic (exact) mass is 349 g/mol. The van der Waals surface area contributed by atoms with Crippen LogP contribution in [0.5, 0.6) is 5.75 Å². The topological polar surface area (TPSA) is 84.9 Å². The molecule has 1 aromatic rings. The Morgan fingerprint density at radius 3 is 2.60 bits per heavy atom. The summed E-state index contributed by atoms with van der Waals surface area (Å²) in [7, 11) is 0. The summed E-state index contributed by atoms with van der Waals surface area (Å²) in [6.07, 6.45) is 0.878. The van der Waals surface area contributed by atoms with E-state index in [4.69, 9.17) is 14.6 Å². The van der Waals surface area contributed by atoms with Gasteiger partial charge in [0.2, 0.25) is 0 Å². The summed E-state index contributed by atoms with van der Waals surface area (Å²) in [6, 6.07) is 5.95. The Labute approximate surface area is 148 Å². The van der Waals surface area contributed by atoms with Crippen LogP contribution in [0.2, 0.25) is 0 Å². The molecule has 1 saturated heterocycles. The number of carbonyl (C=O) groups is 2. The average Bonchev–Trinajstić information content (AvgIpc) is 2.52. The van der Waals surface area contributed by atoms with Crippen LogP contribution in [-0.4, -0.2) is 42.3 Å². The first-order valence-corrected chi connectivity index (χ1v) is 8.65. The van der Waals surface area contributed by atoms with Gasteiger partial charge in [-0.05, 0) is 42.9 Å². The smallest absolute Gasteiger partial charge is 0.305 e. The fourth-order valence-corrected chi connectivity index (χ4v) is 3.12. The van der Waals surface area contributed by atoms with Gasteiger partial charge in [0.1, 0.15) is 5.75 Å². The van der Waals surface area contributed by atoms with Crippen molar-refractivity contribution in [3.05, 3.63) is 29.3 Å². The quantitative estimate of drug-likeness (QED) is 0.790. The predicted octanol–water partition coefficient (Wildman–Crippen LogP) is 2.64. The van der Waals surface area contributed by atoms with Gasteiger partial charge in [-0.1, -0.05) is 26.0 Å². The Bertz CT molecular complexity index is 620. The maximum Gasteiger partial charge on any atom is 0.305 e. The molecule has 0 saturated carbocycles. The lowest BCUT2D eigenvalue weighted by atomic mass is 9.86.